The fourth-order valence-electron chi connectivity index (χ4n) is 2.71. The van der Waals surface area contributed by atoms with E-state index in [1.807, 2.05) is 6.92 Å². The molecule has 1 saturated carbocycles. The molecule has 0 bridgehead atoms. The summed E-state index contributed by atoms with van der Waals surface area (Å²) >= 11 is 0. The Kier molecular flexibility index (Phi) is 6.59. The van der Waals surface area contributed by atoms with Crippen molar-refractivity contribution in [2.45, 2.75) is 52.5 Å². The summed E-state index contributed by atoms with van der Waals surface area (Å²) in [6.45, 7) is 7.58. The highest BCUT2D eigenvalue weighted by Gasteiger charge is 2.26. The fourth-order valence-corrected chi connectivity index (χ4v) is 3.35. The first-order valence-corrected chi connectivity index (χ1v) is 8.22. The van der Waals surface area contributed by atoms with E-state index in [1.54, 1.807) is 0 Å². The molecule has 0 spiro atoms. The average molecular weight is 245 g/mol. The number of hydrogen-bond donors (Lipinski definition) is 1. The molecule has 0 amide bonds. The van der Waals surface area contributed by atoms with E-state index in [0.717, 1.165) is 29.9 Å². The molecule has 1 rings (SSSR count). The van der Waals surface area contributed by atoms with Crippen molar-refractivity contribution >= 4 is 10.8 Å². The summed E-state index contributed by atoms with van der Waals surface area (Å²) in [5.41, 5.74) is 0. The summed E-state index contributed by atoms with van der Waals surface area (Å²) in [5, 5.41) is 3.63. The van der Waals surface area contributed by atoms with Crippen LogP contribution in [0.3, 0.4) is 0 Å². The lowest BCUT2D eigenvalue weighted by Crippen LogP contribution is -2.42. The minimum absolute atomic E-state index is 0.616. The molecule has 1 aliphatic rings. The van der Waals surface area contributed by atoms with E-state index in [1.165, 1.54) is 25.7 Å². The highest BCUT2D eigenvalue weighted by atomic mass is 32.2. The second-order valence-electron chi connectivity index (χ2n) is 5.19. The summed E-state index contributed by atoms with van der Waals surface area (Å²) in [4.78, 5) is 0. The number of nitrogens with one attached hydrogen (secondary N) is 1. The first-order chi connectivity index (χ1) is 7.65. The molecule has 1 fully saturated rings. The van der Waals surface area contributed by atoms with Gasteiger partial charge < -0.3 is 5.32 Å². The molecule has 0 aromatic rings. The van der Waals surface area contributed by atoms with Crippen LogP contribution in [0.15, 0.2) is 0 Å². The summed E-state index contributed by atoms with van der Waals surface area (Å²) in [7, 11) is -0.616. The molecule has 1 N–H and O–H groups in total. The van der Waals surface area contributed by atoms with E-state index >= 15 is 0 Å². The zero-order valence-corrected chi connectivity index (χ0v) is 11.8. The zero-order chi connectivity index (χ0) is 12.0. The van der Waals surface area contributed by atoms with Gasteiger partial charge in [-0.1, -0.05) is 33.6 Å². The lowest BCUT2D eigenvalue weighted by Gasteiger charge is -2.35. The van der Waals surface area contributed by atoms with Crippen molar-refractivity contribution in [2.75, 3.05) is 18.1 Å². The van der Waals surface area contributed by atoms with Crippen molar-refractivity contribution in [3.8, 4) is 0 Å². The maximum Gasteiger partial charge on any atom is 0.0360 e. The van der Waals surface area contributed by atoms with Crippen LogP contribution < -0.4 is 5.32 Å². The van der Waals surface area contributed by atoms with Gasteiger partial charge in [-0.2, -0.15) is 0 Å². The second-order valence-corrected chi connectivity index (χ2v) is 7.05. The van der Waals surface area contributed by atoms with Gasteiger partial charge in [0.2, 0.25) is 0 Å². The van der Waals surface area contributed by atoms with Crippen molar-refractivity contribution in [3.63, 3.8) is 0 Å². The number of rotatable bonds is 6. The third-order valence-electron chi connectivity index (χ3n) is 3.73. The average Bonchev–Trinajstić information content (AvgIpc) is 2.29. The van der Waals surface area contributed by atoms with Crippen molar-refractivity contribution in [3.05, 3.63) is 0 Å². The van der Waals surface area contributed by atoms with Crippen LogP contribution in [0.1, 0.15) is 46.5 Å². The van der Waals surface area contributed by atoms with Crippen molar-refractivity contribution in [2.24, 2.45) is 11.8 Å². The van der Waals surface area contributed by atoms with Crippen LogP contribution in [-0.2, 0) is 10.8 Å². The van der Waals surface area contributed by atoms with E-state index in [2.05, 4.69) is 19.2 Å². The molecule has 0 aromatic heterocycles. The maximum absolute atomic E-state index is 11.3. The highest BCUT2D eigenvalue weighted by Crippen LogP contribution is 2.29. The van der Waals surface area contributed by atoms with E-state index in [0.29, 0.717) is 6.04 Å². The molecule has 2 nitrogen and oxygen atoms in total. The predicted molar refractivity (Wildman–Crippen MR) is 72.1 cm³/mol. The van der Waals surface area contributed by atoms with Gasteiger partial charge in [0.15, 0.2) is 0 Å². The summed E-state index contributed by atoms with van der Waals surface area (Å²) in [5.74, 6) is 3.20. The molecule has 3 atom stereocenters. The first-order valence-electron chi connectivity index (χ1n) is 6.73. The SMILES string of the molecule is CCS(=O)CCNC1CCCCC1C(C)C. The molecule has 96 valence electrons. The molecule has 3 unspecified atom stereocenters. The fraction of sp³-hybridized carbons (Fsp3) is 1.00. The molecule has 0 aromatic carbocycles. The molecular formula is C13H27NOS. The quantitative estimate of drug-likeness (QED) is 0.779. The van der Waals surface area contributed by atoms with Crippen LogP contribution in [0.2, 0.25) is 0 Å². The van der Waals surface area contributed by atoms with Crippen LogP contribution in [0.4, 0.5) is 0 Å². The van der Waals surface area contributed by atoms with E-state index < -0.39 is 10.8 Å². The topological polar surface area (TPSA) is 29.1 Å². The second kappa shape index (κ2) is 7.44. The Labute approximate surface area is 103 Å². The number of hydrogen-bond acceptors (Lipinski definition) is 2. The summed E-state index contributed by atoms with van der Waals surface area (Å²) < 4.78 is 11.3. The lowest BCUT2D eigenvalue weighted by molar-refractivity contribution is 0.208. The third kappa shape index (κ3) is 4.54. The third-order valence-corrected chi connectivity index (χ3v) is 5.04. The Morgan fingerprint density at radius 1 is 1.31 bits per heavy atom. The van der Waals surface area contributed by atoms with Crippen molar-refractivity contribution < 1.29 is 4.21 Å². The van der Waals surface area contributed by atoms with Crippen LogP contribution >= 0.6 is 0 Å². The lowest BCUT2D eigenvalue weighted by atomic mass is 9.78. The zero-order valence-electron chi connectivity index (χ0n) is 11.0. The van der Waals surface area contributed by atoms with Gasteiger partial charge in [-0.15, -0.1) is 0 Å². The van der Waals surface area contributed by atoms with Gasteiger partial charge in [-0.05, 0) is 24.7 Å². The molecule has 0 heterocycles. The minimum Gasteiger partial charge on any atom is -0.313 e. The van der Waals surface area contributed by atoms with Crippen molar-refractivity contribution in [1.82, 2.24) is 5.32 Å². The molecule has 0 aliphatic heterocycles. The Bertz CT molecular complexity index is 218. The largest absolute Gasteiger partial charge is 0.313 e. The van der Waals surface area contributed by atoms with Crippen LogP contribution in [0.5, 0.6) is 0 Å². The van der Waals surface area contributed by atoms with E-state index in [4.69, 9.17) is 0 Å². The van der Waals surface area contributed by atoms with Gasteiger partial charge in [-0.3, -0.25) is 4.21 Å². The highest BCUT2D eigenvalue weighted by molar-refractivity contribution is 7.84. The Balaban J connectivity index is 2.30. The molecule has 1 aliphatic carbocycles. The first kappa shape index (κ1) is 14.2. The Hall–Kier alpha value is 0.110. The standard InChI is InChI=1S/C13H27NOS/c1-4-16(15)10-9-14-13-8-6-5-7-12(13)11(2)3/h11-14H,4-10H2,1-3H3. The van der Waals surface area contributed by atoms with Crippen molar-refractivity contribution in [1.29, 1.82) is 0 Å². The normalized spacial score (nSPS) is 28.2. The van der Waals surface area contributed by atoms with Gasteiger partial charge >= 0.3 is 0 Å². The smallest absolute Gasteiger partial charge is 0.0360 e. The van der Waals surface area contributed by atoms with Gasteiger partial charge in [0.05, 0.1) is 0 Å². The van der Waals surface area contributed by atoms with Crippen LogP contribution in [0, 0.1) is 11.8 Å². The van der Waals surface area contributed by atoms with Crippen LogP contribution in [0.25, 0.3) is 0 Å². The monoisotopic (exact) mass is 245 g/mol. The summed E-state index contributed by atoms with van der Waals surface area (Å²) in [6, 6.07) is 0.669. The minimum atomic E-state index is -0.616. The Morgan fingerprint density at radius 2 is 2.00 bits per heavy atom. The van der Waals surface area contributed by atoms with E-state index in [-0.39, 0.29) is 0 Å². The van der Waals surface area contributed by atoms with Gasteiger partial charge in [0.1, 0.15) is 0 Å². The maximum atomic E-state index is 11.3. The van der Waals surface area contributed by atoms with Gasteiger partial charge in [0.25, 0.3) is 0 Å². The molecular weight excluding hydrogens is 218 g/mol. The van der Waals surface area contributed by atoms with E-state index in [9.17, 15) is 4.21 Å². The summed E-state index contributed by atoms with van der Waals surface area (Å²) in [6.07, 6.45) is 5.42. The molecule has 3 heteroatoms. The van der Waals surface area contributed by atoms with Gasteiger partial charge in [0, 0.05) is 34.9 Å². The molecule has 0 saturated heterocycles. The van der Waals surface area contributed by atoms with Crippen LogP contribution in [-0.4, -0.2) is 28.3 Å². The Morgan fingerprint density at radius 3 is 2.62 bits per heavy atom. The van der Waals surface area contributed by atoms with Gasteiger partial charge in [-0.25, -0.2) is 0 Å². The predicted octanol–water partition coefficient (Wildman–Crippen LogP) is 2.56. The molecule has 16 heavy (non-hydrogen) atoms. The molecule has 0 radical (unpaired) electrons.